The van der Waals surface area contributed by atoms with E-state index in [-0.39, 0.29) is 5.97 Å². The van der Waals surface area contributed by atoms with Gasteiger partial charge in [0.25, 0.3) is 0 Å². The Morgan fingerprint density at radius 3 is 2.56 bits per heavy atom. The Bertz CT molecular complexity index is 659. The van der Waals surface area contributed by atoms with Crippen LogP contribution in [0, 0.1) is 0 Å². The van der Waals surface area contributed by atoms with Crippen molar-refractivity contribution in [2.75, 3.05) is 0 Å². The molecule has 0 amide bonds. The molecule has 0 aliphatic carbocycles. The number of rotatable bonds is 1. The molecule has 3 rings (SSSR count). The average molecular weight is 301 g/mol. The van der Waals surface area contributed by atoms with Crippen LogP contribution in [0.25, 0.3) is 11.6 Å². The molecule has 0 bridgehead atoms. The summed E-state index contributed by atoms with van der Waals surface area (Å²) in [6.45, 7) is 0. The molecule has 18 heavy (non-hydrogen) atoms. The van der Waals surface area contributed by atoms with Gasteiger partial charge in [0.1, 0.15) is 5.75 Å². The van der Waals surface area contributed by atoms with Gasteiger partial charge >= 0.3 is 5.97 Å². The number of halogens is 1. The molecule has 2 nitrogen and oxygen atoms in total. The van der Waals surface area contributed by atoms with E-state index in [1.54, 1.807) is 6.07 Å². The lowest BCUT2D eigenvalue weighted by molar-refractivity contribution is -0.126. The van der Waals surface area contributed by atoms with Crippen LogP contribution in [0.4, 0.5) is 0 Å². The molecule has 2 aromatic rings. The first-order valence-corrected chi connectivity index (χ1v) is 6.33. The van der Waals surface area contributed by atoms with Gasteiger partial charge in [-0.2, -0.15) is 0 Å². The van der Waals surface area contributed by atoms with E-state index >= 15 is 0 Å². The zero-order valence-corrected chi connectivity index (χ0v) is 11.0. The number of hydrogen-bond acceptors (Lipinski definition) is 2. The summed E-state index contributed by atoms with van der Waals surface area (Å²) >= 11 is 3.47. The third-order valence-corrected chi connectivity index (χ3v) is 3.53. The maximum atomic E-state index is 11.8. The lowest BCUT2D eigenvalue weighted by Crippen LogP contribution is -2.00. The maximum Gasteiger partial charge on any atom is 0.344 e. The predicted octanol–water partition coefficient (Wildman–Crippen LogP) is 3.91. The van der Waals surface area contributed by atoms with Gasteiger partial charge in [-0.1, -0.05) is 52.3 Å². The van der Waals surface area contributed by atoms with E-state index in [1.807, 2.05) is 48.5 Å². The molecule has 0 spiro atoms. The predicted molar refractivity (Wildman–Crippen MR) is 74.1 cm³/mol. The van der Waals surface area contributed by atoms with Gasteiger partial charge in [-0.25, -0.2) is 4.79 Å². The summed E-state index contributed by atoms with van der Waals surface area (Å²) in [4.78, 5) is 11.8. The van der Waals surface area contributed by atoms with Crippen LogP contribution in [0.3, 0.4) is 0 Å². The van der Waals surface area contributed by atoms with Crippen molar-refractivity contribution in [2.24, 2.45) is 0 Å². The third kappa shape index (κ3) is 1.87. The minimum absolute atomic E-state index is 0.299. The summed E-state index contributed by atoms with van der Waals surface area (Å²) in [6, 6.07) is 15.2. The molecular formula is C15H9BrO2. The lowest BCUT2D eigenvalue weighted by atomic mass is 10.0. The number of esters is 1. The van der Waals surface area contributed by atoms with E-state index in [0.717, 1.165) is 15.6 Å². The van der Waals surface area contributed by atoms with Gasteiger partial charge in [-0.15, -0.1) is 0 Å². The molecule has 0 atom stereocenters. The lowest BCUT2D eigenvalue weighted by Gasteiger charge is -1.99. The molecular weight excluding hydrogens is 292 g/mol. The van der Waals surface area contributed by atoms with Gasteiger partial charge in [-0.05, 0) is 23.8 Å². The SMILES string of the molecule is O=C1Oc2ccccc2C1=Cc1ccccc1Br. The van der Waals surface area contributed by atoms with E-state index in [9.17, 15) is 4.79 Å². The third-order valence-electron chi connectivity index (χ3n) is 2.80. The highest BCUT2D eigenvalue weighted by Gasteiger charge is 2.26. The number of fused-ring (bicyclic) bond motifs is 1. The van der Waals surface area contributed by atoms with Crippen molar-refractivity contribution in [3.63, 3.8) is 0 Å². The van der Waals surface area contributed by atoms with Gasteiger partial charge < -0.3 is 4.74 Å². The van der Waals surface area contributed by atoms with Crippen molar-refractivity contribution in [1.29, 1.82) is 0 Å². The Hall–Kier alpha value is -1.87. The summed E-state index contributed by atoms with van der Waals surface area (Å²) in [5, 5.41) is 0. The van der Waals surface area contributed by atoms with Gasteiger partial charge in [0.05, 0.1) is 5.57 Å². The number of carbonyl (C=O) groups excluding carboxylic acids is 1. The van der Waals surface area contributed by atoms with Crippen molar-refractivity contribution in [3.05, 3.63) is 64.1 Å². The molecule has 3 heteroatoms. The topological polar surface area (TPSA) is 26.3 Å². The van der Waals surface area contributed by atoms with Gasteiger partial charge in [0, 0.05) is 10.0 Å². The highest BCUT2D eigenvalue weighted by atomic mass is 79.9. The van der Waals surface area contributed by atoms with Crippen molar-refractivity contribution in [3.8, 4) is 5.75 Å². The van der Waals surface area contributed by atoms with Gasteiger partial charge in [0.2, 0.25) is 0 Å². The molecule has 0 N–H and O–H groups in total. The molecule has 0 aromatic heterocycles. The highest BCUT2D eigenvalue weighted by Crippen LogP contribution is 2.35. The fourth-order valence-electron chi connectivity index (χ4n) is 1.93. The molecule has 0 unspecified atom stereocenters. The minimum Gasteiger partial charge on any atom is -0.422 e. The second kappa shape index (κ2) is 4.42. The van der Waals surface area contributed by atoms with Crippen LogP contribution in [0.2, 0.25) is 0 Å². The van der Waals surface area contributed by atoms with Gasteiger partial charge in [-0.3, -0.25) is 0 Å². The number of hydrogen-bond donors (Lipinski definition) is 0. The molecule has 0 fully saturated rings. The molecule has 1 heterocycles. The second-order valence-electron chi connectivity index (χ2n) is 3.97. The summed E-state index contributed by atoms with van der Waals surface area (Å²) in [5.41, 5.74) is 2.40. The fraction of sp³-hybridized carbons (Fsp3) is 0. The molecule has 1 aliphatic rings. The zero-order valence-electron chi connectivity index (χ0n) is 9.39. The summed E-state index contributed by atoms with van der Waals surface area (Å²) < 4.78 is 6.16. The van der Waals surface area contributed by atoms with Crippen molar-refractivity contribution >= 4 is 33.5 Å². The number of benzene rings is 2. The van der Waals surface area contributed by atoms with Gasteiger partial charge in [0.15, 0.2) is 0 Å². The number of carbonyl (C=O) groups is 1. The van der Waals surface area contributed by atoms with Crippen LogP contribution in [-0.4, -0.2) is 5.97 Å². The van der Waals surface area contributed by atoms with Crippen LogP contribution < -0.4 is 4.74 Å². The van der Waals surface area contributed by atoms with Crippen molar-refractivity contribution in [2.45, 2.75) is 0 Å². The summed E-state index contributed by atoms with van der Waals surface area (Å²) in [5.74, 6) is 0.327. The van der Waals surface area contributed by atoms with E-state index in [4.69, 9.17) is 4.74 Å². The largest absolute Gasteiger partial charge is 0.422 e. The average Bonchev–Trinajstić information content (AvgIpc) is 2.69. The quantitative estimate of drug-likeness (QED) is 0.453. The Labute approximate surface area is 113 Å². The van der Waals surface area contributed by atoms with Crippen molar-refractivity contribution in [1.82, 2.24) is 0 Å². The van der Waals surface area contributed by atoms with Crippen LogP contribution in [0.1, 0.15) is 11.1 Å². The van der Waals surface area contributed by atoms with E-state index in [2.05, 4.69) is 15.9 Å². The highest BCUT2D eigenvalue weighted by molar-refractivity contribution is 9.10. The smallest absolute Gasteiger partial charge is 0.344 e. The monoisotopic (exact) mass is 300 g/mol. The fourth-order valence-corrected chi connectivity index (χ4v) is 2.33. The Kier molecular flexibility index (Phi) is 2.76. The molecule has 1 aliphatic heterocycles. The normalized spacial score (nSPS) is 15.6. The Balaban J connectivity index is 2.13. The molecule has 0 saturated carbocycles. The van der Waals surface area contributed by atoms with E-state index in [0.29, 0.717) is 11.3 Å². The van der Waals surface area contributed by atoms with E-state index < -0.39 is 0 Å². The number of para-hydroxylation sites is 1. The first-order valence-electron chi connectivity index (χ1n) is 5.53. The Morgan fingerprint density at radius 2 is 1.72 bits per heavy atom. The molecule has 88 valence electrons. The van der Waals surface area contributed by atoms with E-state index in [1.165, 1.54) is 0 Å². The first kappa shape index (κ1) is 11.2. The van der Waals surface area contributed by atoms with Crippen molar-refractivity contribution < 1.29 is 9.53 Å². The maximum absolute atomic E-state index is 11.8. The molecule has 2 aromatic carbocycles. The van der Waals surface area contributed by atoms with Crippen LogP contribution in [0.5, 0.6) is 5.75 Å². The number of ether oxygens (including phenoxy) is 1. The molecule has 0 radical (unpaired) electrons. The van der Waals surface area contributed by atoms with Crippen LogP contribution in [0.15, 0.2) is 53.0 Å². The summed E-state index contributed by atoms with van der Waals surface area (Å²) in [6.07, 6.45) is 1.85. The zero-order chi connectivity index (χ0) is 12.5. The first-order chi connectivity index (χ1) is 8.75. The minimum atomic E-state index is -0.299. The standard InChI is InChI=1S/C15H9BrO2/c16-13-7-3-1-5-10(13)9-12-11-6-2-4-8-14(11)18-15(12)17/h1-9H. The van der Waals surface area contributed by atoms with Crippen LogP contribution >= 0.6 is 15.9 Å². The molecule has 0 saturated heterocycles. The second-order valence-corrected chi connectivity index (χ2v) is 4.82. The van der Waals surface area contributed by atoms with Crippen LogP contribution in [-0.2, 0) is 4.79 Å². The summed E-state index contributed by atoms with van der Waals surface area (Å²) in [7, 11) is 0. The Morgan fingerprint density at radius 1 is 1.00 bits per heavy atom.